The summed E-state index contributed by atoms with van der Waals surface area (Å²) in [5, 5.41) is 2.93. The van der Waals surface area contributed by atoms with Gasteiger partial charge in [-0.1, -0.05) is 0 Å². The van der Waals surface area contributed by atoms with Crippen LogP contribution in [0, 0.1) is 0 Å². The van der Waals surface area contributed by atoms with Crippen LogP contribution >= 0.6 is 0 Å². The first-order chi connectivity index (χ1) is 9.84. The fraction of sp³-hybridized carbons (Fsp3) is 0.667. The van der Waals surface area contributed by atoms with E-state index < -0.39 is 12.0 Å². The molecule has 3 N–H and O–H groups in total. The van der Waals surface area contributed by atoms with Gasteiger partial charge >= 0.3 is 6.18 Å². The maximum atomic E-state index is 12.6. The van der Waals surface area contributed by atoms with Gasteiger partial charge in [-0.15, -0.1) is 0 Å². The minimum absolute atomic E-state index is 0.0708. The van der Waals surface area contributed by atoms with Gasteiger partial charge in [0.05, 0.1) is 13.2 Å². The molecule has 1 atom stereocenters. The highest BCUT2D eigenvalue weighted by atomic mass is 19.4. The van der Waals surface area contributed by atoms with Crippen LogP contribution in [-0.4, -0.2) is 53.8 Å². The van der Waals surface area contributed by atoms with E-state index in [1.54, 1.807) is 0 Å². The molecule has 0 amide bonds. The second-order valence-corrected chi connectivity index (χ2v) is 4.96. The first-order valence-electron chi connectivity index (χ1n) is 6.63. The molecule has 1 aromatic rings. The van der Waals surface area contributed by atoms with Crippen LogP contribution in [0.5, 0.6) is 0 Å². The third-order valence-electron chi connectivity index (χ3n) is 3.03. The normalized spacial score (nSPS) is 18.5. The number of anilines is 2. The van der Waals surface area contributed by atoms with E-state index in [0.29, 0.717) is 19.8 Å². The van der Waals surface area contributed by atoms with Crippen LogP contribution in [-0.2, 0) is 10.9 Å². The van der Waals surface area contributed by atoms with E-state index in [4.69, 9.17) is 10.5 Å². The molecular weight excluding hydrogens is 287 g/mol. The van der Waals surface area contributed by atoms with Crippen molar-refractivity contribution in [1.29, 1.82) is 0 Å². The fourth-order valence-corrected chi connectivity index (χ4v) is 2.14. The van der Waals surface area contributed by atoms with Gasteiger partial charge in [0.15, 0.2) is 0 Å². The number of nitrogens with zero attached hydrogens (tertiary/aromatic N) is 3. The van der Waals surface area contributed by atoms with Crippen molar-refractivity contribution in [3.05, 3.63) is 11.9 Å². The van der Waals surface area contributed by atoms with Gasteiger partial charge < -0.3 is 15.8 Å². The van der Waals surface area contributed by atoms with Crippen LogP contribution in [0.4, 0.5) is 24.8 Å². The van der Waals surface area contributed by atoms with Gasteiger partial charge in [0.2, 0.25) is 5.82 Å². The summed E-state index contributed by atoms with van der Waals surface area (Å²) in [5.41, 5.74) is 5.40. The Balaban J connectivity index is 1.99. The van der Waals surface area contributed by atoms with Crippen LogP contribution in [0.3, 0.4) is 0 Å². The lowest BCUT2D eigenvalue weighted by Crippen LogP contribution is -2.42. The van der Waals surface area contributed by atoms with E-state index in [1.165, 1.54) is 6.07 Å². The number of alkyl halides is 3. The second kappa shape index (κ2) is 6.44. The predicted octanol–water partition coefficient (Wildman–Crippen LogP) is 1.21. The molecule has 9 heteroatoms. The molecule has 0 bridgehead atoms. The van der Waals surface area contributed by atoms with Crippen molar-refractivity contribution in [2.24, 2.45) is 0 Å². The van der Waals surface area contributed by atoms with E-state index in [2.05, 4.69) is 20.2 Å². The Labute approximate surface area is 120 Å². The fourth-order valence-electron chi connectivity index (χ4n) is 2.14. The van der Waals surface area contributed by atoms with E-state index in [1.807, 2.05) is 6.92 Å². The lowest BCUT2D eigenvalue weighted by atomic mass is 10.3. The van der Waals surface area contributed by atoms with Gasteiger partial charge in [0, 0.05) is 31.7 Å². The number of ether oxygens (including phenoxy) is 1. The van der Waals surface area contributed by atoms with Gasteiger partial charge in [-0.3, -0.25) is 4.90 Å². The van der Waals surface area contributed by atoms with Crippen LogP contribution in [0.15, 0.2) is 6.07 Å². The molecule has 2 rings (SSSR count). The molecule has 0 radical (unpaired) electrons. The summed E-state index contributed by atoms with van der Waals surface area (Å²) in [6.45, 7) is 5.53. The van der Waals surface area contributed by atoms with Crippen molar-refractivity contribution >= 4 is 11.6 Å². The van der Waals surface area contributed by atoms with Crippen LogP contribution in [0.1, 0.15) is 12.7 Å². The van der Waals surface area contributed by atoms with Gasteiger partial charge in [0.1, 0.15) is 11.6 Å². The van der Waals surface area contributed by atoms with Crippen molar-refractivity contribution < 1.29 is 17.9 Å². The van der Waals surface area contributed by atoms with Crippen molar-refractivity contribution in [3.8, 4) is 0 Å². The van der Waals surface area contributed by atoms with Crippen LogP contribution < -0.4 is 11.1 Å². The average molecular weight is 305 g/mol. The number of nitrogens with one attached hydrogen (secondary N) is 1. The largest absolute Gasteiger partial charge is 0.451 e. The lowest BCUT2D eigenvalue weighted by molar-refractivity contribution is -0.144. The highest BCUT2D eigenvalue weighted by Gasteiger charge is 2.35. The maximum Gasteiger partial charge on any atom is 0.451 e. The minimum Gasteiger partial charge on any atom is -0.384 e. The first kappa shape index (κ1) is 15.8. The van der Waals surface area contributed by atoms with Gasteiger partial charge in [-0.2, -0.15) is 13.2 Å². The number of nitrogens with two attached hydrogens (primary N) is 1. The third kappa shape index (κ3) is 4.71. The van der Waals surface area contributed by atoms with Gasteiger partial charge in [0.25, 0.3) is 0 Å². The number of morpholine rings is 1. The Hall–Kier alpha value is -1.61. The molecule has 1 aromatic heterocycles. The van der Waals surface area contributed by atoms with Crippen molar-refractivity contribution in [3.63, 3.8) is 0 Å². The Morgan fingerprint density at radius 3 is 2.67 bits per heavy atom. The number of hydrogen-bond acceptors (Lipinski definition) is 6. The molecule has 2 heterocycles. The monoisotopic (exact) mass is 305 g/mol. The molecule has 6 nitrogen and oxygen atoms in total. The summed E-state index contributed by atoms with van der Waals surface area (Å²) in [6, 6.07) is 1.23. The zero-order valence-electron chi connectivity index (χ0n) is 11.7. The summed E-state index contributed by atoms with van der Waals surface area (Å²) in [5.74, 6) is -1.36. The predicted molar refractivity (Wildman–Crippen MR) is 71.8 cm³/mol. The topological polar surface area (TPSA) is 76.3 Å². The van der Waals surface area contributed by atoms with Gasteiger partial charge in [-0.25, -0.2) is 9.97 Å². The Morgan fingerprint density at radius 2 is 2.05 bits per heavy atom. The molecule has 1 aliphatic rings. The number of nitrogen functional groups attached to an aromatic ring is 1. The maximum absolute atomic E-state index is 12.6. The molecule has 1 unspecified atom stereocenters. The van der Waals surface area contributed by atoms with E-state index >= 15 is 0 Å². The summed E-state index contributed by atoms with van der Waals surface area (Å²) in [7, 11) is 0. The highest BCUT2D eigenvalue weighted by Crippen LogP contribution is 2.27. The van der Waals surface area contributed by atoms with Gasteiger partial charge in [-0.05, 0) is 6.92 Å². The third-order valence-corrected chi connectivity index (χ3v) is 3.03. The molecule has 1 aliphatic heterocycles. The number of halogens is 3. The SMILES string of the molecule is CC(CN1CCOCC1)Nc1cc(N)nc(C(F)(F)F)n1. The summed E-state index contributed by atoms with van der Waals surface area (Å²) in [4.78, 5) is 8.85. The van der Waals surface area contributed by atoms with Crippen molar-refractivity contribution in [2.75, 3.05) is 43.9 Å². The summed E-state index contributed by atoms with van der Waals surface area (Å²) in [6.07, 6.45) is -4.61. The Kier molecular flexibility index (Phi) is 4.84. The van der Waals surface area contributed by atoms with Crippen molar-refractivity contribution in [2.45, 2.75) is 19.1 Å². The molecule has 1 fully saturated rings. The zero-order chi connectivity index (χ0) is 15.5. The number of aromatic nitrogens is 2. The molecule has 0 saturated carbocycles. The van der Waals surface area contributed by atoms with Crippen LogP contribution in [0.25, 0.3) is 0 Å². The molecule has 0 aliphatic carbocycles. The molecule has 0 aromatic carbocycles. The molecule has 21 heavy (non-hydrogen) atoms. The highest BCUT2D eigenvalue weighted by molar-refractivity contribution is 5.45. The second-order valence-electron chi connectivity index (χ2n) is 4.96. The van der Waals surface area contributed by atoms with Crippen LogP contribution in [0.2, 0.25) is 0 Å². The molecule has 0 spiro atoms. The minimum atomic E-state index is -4.61. The van der Waals surface area contributed by atoms with Crippen molar-refractivity contribution in [1.82, 2.24) is 14.9 Å². The molecule has 118 valence electrons. The zero-order valence-corrected chi connectivity index (χ0v) is 11.7. The first-order valence-corrected chi connectivity index (χ1v) is 6.63. The smallest absolute Gasteiger partial charge is 0.384 e. The number of rotatable bonds is 4. The Morgan fingerprint density at radius 1 is 1.38 bits per heavy atom. The molecule has 1 saturated heterocycles. The summed E-state index contributed by atoms with van der Waals surface area (Å²) < 4.78 is 43.1. The van der Waals surface area contributed by atoms with E-state index in [0.717, 1.165) is 13.1 Å². The van der Waals surface area contributed by atoms with E-state index in [-0.39, 0.29) is 17.7 Å². The van der Waals surface area contributed by atoms with E-state index in [9.17, 15) is 13.2 Å². The average Bonchev–Trinajstić information content (AvgIpc) is 2.37. The lowest BCUT2D eigenvalue weighted by Gasteiger charge is -2.29. The quantitative estimate of drug-likeness (QED) is 0.871. The molecular formula is C12H18F3N5O. The Bertz CT molecular complexity index is 476. The number of hydrogen-bond donors (Lipinski definition) is 2. The summed E-state index contributed by atoms with van der Waals surface area (Å²) >= 11 is 0. The standard InChI is InChI=1S/C12H18F3N5O/c1-8(7-20-2-4-21-5-3-20)17-10-6-9(16)18-11(19-10)12(13,14)15/h6,8H,2-5,7H2,1H3,(H3,16,17,18,19).